The predicted molar refractivity (Wildman–Crippen MR) is 82.8 cm³/mol. The predicted octanol–water partition coefficient (Wildman–Crippen LogP) is 4.13. The van der Waals surface area contributed by atoms with Crippen LogP contribution >= 0.6 is 11.8 Å². The number of hydrogen-bond acceptors (Lipinski definition) is 3. The first-order chi connectivity index (χ1) is 9.22. The molecule has 0 saturated heterocycles. The lowest BCUT2D eigenvalue weighted by Gasteiger charge is -2.08. The summed E-state index contributed by atoms with van der Waals surface area (Å²) in [6.45, 7) is 2.17. The fourth-order valence-electron chi connectivity index (χ4n) is 1.80. The topological polar surface area (TPSA) is 35.2 Å². The molecular formula is C16H19NOS. The summed E-state index contributed by atoms with van der Waals surface area (Å²) < 4.78 is 5.22. The van der Waals surface area contributed by atoms with E-state index in [1.807, 2.05) is 18.2 Å². The van der Waals surface area contributed by atoms with Crippen molar-refractivity contribution in [1.82, 2.24) is 0 Å². The Morgan fingerprint density at radius 1 is 1.05 bits per heavy atom. The molecule has 0 aliphatic carbocycles. The summed E-state index contributed by atoms with van der Waals surface area (Å²) in [5.74, 6) is 1.76. The van der Waals surface area contributed by atoms with E-state index in [0.29, 0.717) is 0 Å². The van der Waals surface area contributed by atoms with E-state index >= 15 is 0 Å². The summed E-state index contributed by atoms with van der Waals surface area (Å²) in [5, 5.41) is 0. The molecule has 0 radical (unpaired) electrons. The maximum absolute atomic E-state index is 5.98. The molecule has 2 rings (SSSR count). The zero-order chi connectivity index (χ0) is 13.7. The largest absolute Gasteiger partial charge is 0.497 e. The second kappa shape index (κ2) is 6.53. The summed E-state index contributed by atoms with van der Waals surface area (Å²) in [6, 6.07) is 14.5. The van der Waals surface area contributed by atoms with Crippen LogP contribution in [0.5, 0.6) is 5.75 Å². The lowest BCUT2D eigenvalue weighted by molar-refractivity contribution is 0.414. The molecule has 2 aromatic carbocycles. The first-order valence-corrected chi connectivity index (χ1v) is 7.35. The van der Waals surface area contributed by atoms with E-state index in [9.17, 15) is 0 Å². The van der Waals surface area contributed by atoms with E-state index in [2.05, 4.69) is 31.2 Å². The Morgan fingerprint density at radius 3 is 2.37 bits per heavy atom. The van der Waals surface area contributed by atoms with Crippen LogP contribution in [0.2, 0.25) is 0 Å². The molecule has 0 aliphatic heterocycles. The maximum atomic E-state index is 5.98. The summed E-state index contributed by atoms with van der Waals surface area (Å²) >= 11 is 1.74. The highest BCUT2D eigenvalue weighted by Gasteiger charge is 2.03. The number of anilines is 1. The minimum Gasteiger partial charge on any atom is -0.497 e. The molecule has 0 bridgehead atoms. The Bertz CT molecular complexity index is 537. The van der Waals surface area contributed by atoms with Crippen molar-refractivity contribution in [3.8, 4) is 5.75 Å². The van der Waals surface area contributed by atoms with E-state index < -0.39 is 0 Å². The van der Waals surface area contributed by atoms with Crippen LogP contribution in [0.1, 0.15) is 18.1 Å². The fraction of sp³-hybridized carbons (Fsp3) is 0.250. The zero-order valence-electron chi connectivity index (χ0n) is 11.3. The van der Waals surface area contributed by atoms with Gasteiger partial charge in [-0.05, 0) is 35.7 Å². The van der Waals surface area contributed by atoms with Crippen molar-refractivity contribution in [1.29, 1.82) is 0 Å². The Labute approximate surface area is 119 Å². The fourth-order valence-corrected chi connectivity index (χ4v) is 2.75. The molecule has 3 heteroatoms. The molecule has 0 spiro atoms. The van der Waals surface area contributed by atoms with Gasteiger partial charge in [-0.25, -0.2) is 0 Å². The number of ether oxygens (including phenoxy) is 1. The number of nitrogens with two attached hydrogens (primary N) is 1. The molecule has 0 unspecified atom stereocenters. The number of rotatable bonds is 5. The van der Waals surface area contributed by atoms with Gasteiger partial charge in [0.25, 0.3) is 0 Å². The lowest BCUT2D eigenvalue weighted by atomic mass is 10.1. The second-order valence-electron chi connectivity index (χ2n) is 4.36. The number of aryl methyl sites for hydroxylation is 1. The third-order valence-electron chi connectivity index (χ3n) is 3.05. The Balaban J connectivity index is 2.05. The van der Waals surface area contributed by atoms with E-state index in [-0.39, 0.29) is 0 Å². The molecule has 0 saturated carbocycles. The van der Waals surface area contributed by atoms with Crippen molar-refractivity contribution in [3.63, 3.8) is 0 Å². The average Bonchev–Trinajstić information content (AvgIpc) is 2.47. The van der Waals surface area contributed by atoms with Gasteiger partial charge in [0.1, 0.15) is 5.75 Å². The molecule has 0 fully saturated rings. The summed E-state index contributed by atoms with van der Waals surface area (Å²) in [5.41, 5.74) is 9.46. The minimum atomic E-state index is 0.802. The summed E-state index contributed by atoms with van der Waals surface area (Å²) in [4.78, 5) is 1.07. The van der Waals surface area contributed by atoms with E-state index in [4.69, 9.17) is 10.5 Å². The van der Waals surface area contributed by atoms with Crippen molar-refractivity contribution in [2.45, 2.75) is 24.0 Å². The van der Waals surface area contributed by atoms with Crippen LogP contribution in [0.15, 0.2) is 47.4 Å². The molecular weight excluding hydrogens is 254 g/mol. The van der Waals surface area contributed by atoms with E-state index in [1.54, 1.807) is 18.9 Å². The van der Waals surface area contributed by atoms with Crippen LogP contribution in [0.25, 0.3) is 0 Å². The highest BCUT2D eigenvalue weighted by atomic mass is 32.2. The summed E-state index contributed by atoms with van der Waals surface area (Å²) in [6.07, 6.45) is 1.08. The molecule has 0 aliphatic rings. The molecule has 2 nitrogen and oxygen atoms in total. The van der Waals surface area contributed by atoms with Crippen molar-refractivity contribution in [2.24, 2.45) is 0 Å². The third-order valence-corrected chi connectivity index (χ3v) is 4.19. The van der Waals surface area contributed by atoms with E-state index in [1.165, 1.54) is 11.1 Å². The van der Waals surface area contributed by atoms with Gasteiger partial charge < -0.3 is 10.5 Å². The highest BCUT2D eigenvalue weighted by Crippen LogP contribution is 2.31. The second-order valence-corrected chi connectivity index (χ2v) is 5.38. The van der Waals surface area contributed by atoms with Gasteiger partial charge in [-0.3, -0.25) is 0 Å². The van der Waals surface area contributed by atoms with Crippen molar-refractivity contribution in [3.05, 3.63) is 53.6 Å². The van der Waals surface area contributed by atoms with Crippen molar-refractivity contribution in [2.75, 3.05) is 12.8 Å². The number of benzene rings is 2. The van der Waals surface area contributed by atoms with Gasteiger partial charge in [0.05, 0.1) is 7.11 Å². The first kappa shape index (κ1) is 13.8. The van der Waals surface area contributed by atoms with Gasteiger partial charge in [-0.2, -0.15) is 0 Å². The Morgan fingerprint density at radius 2 is 1.74 bits per heavy atom. The molecule has 0 heterocycles. The monoisotopic (exact) mass is 273 g/mol. The molecule has 100 valence electrons. The number of thioether (sulfide) groups is 1. The number of hydrogen-bond donors (Lipinski definition) is 1. The van der Waals surface area contributed by atoms with Gasteiger partial charge in [0.15, 0.2) is 0 Å². The van der Waals surface area contributed by atoms with Crippen molar-refractivity contribution >= 4 is 17.4 Å². The molecule has 19 heavy (non-hydrogen) atoms. The van der Waals surface area contributed by atoms with Gasteiger partial charge in [-0.1, -0.05) is 31.2 Å². The van der Waals surface area contributed by atoms with Crippen LogP contribution in [0, 0.1) is 0 Å². The molecule has 2 aromatic rings. The molecule has 0 aromatic heterocycles. The third kappa shape index (κ3) is 3.67. The Hall–Kier alpha value is -1.61. The normalized spacial score (nSPS) is 10.4. The quantitative estimate of drug-likeness (QED) is 0.657. The molecule has 2 N–H and O–H groups in total. The van der Waals surface area contributed by atoms with Crippen LogP contribution in [0.3, 0.4) is 0 Å². The van der Waals surface area contributed by atoms with Crippen LogP contribution in [0.4, 0.5) is 5.69 Å². The van der Waals surface area contributed by atoms with Gasteiger partial charge in [-0.15, -0.1) is 11.8 Å². The maximum Gasteiger partial charge on any atom is 0.120 e. The smallest absolute Gasteiger partial charge is 0.120 e. The molecule has 0 amide bonds. The van der Waals surface area contributed by atoms with Crippen LogP contribution < -0.4 is 10.5 Å². The average molecular weight is 273 g/mol. The number of methoxy groups -OCH3 is 1. The zero-order valence-corrected chi connectivity index (χ0v) is 12.2. The summed E-state index contributed by atoms with van der Waals surface area (Å²) in [7, 11) is 1.67. The van der Waals surface area contributed by atoms with Gasteiger partial charge in [0, 0.05) is 16.3 Å². The first-order valence-electron chi connectivity index (χ1n) is 6.37. The minimum absolute atomic E-state index is 0.802. The SMILES string of the molecule is CCc1ccc(CSc2cc(OC)ccc2N)cc1. The standard InChI is InChI=1S/C16H19NOS/c1-3-12-4-6-13(7-5-12)11-19-16-10-14(18-2)8-9-15(16)17/h4-10H,3,11,17H2,1-2H3. The van der Waals surface area contributed by atoms with Crippen LogP contribution in [-0.2, 0) is 12.2 Å². The molecule has 0 atom stereocenters. The van der Waals surface area contributed by atoms with Gasteiger partial charge >= 0.3 is 0 Å². The van der Waals surface area contributed by atoms with E-state index in [0.717, 1.165) is 28.5 Å². The lowest BCUT2D eigenvalue weighted by Crippen LogP contribution is -1.91. The Kier molecular flexibility index (Phi) is 4.74. The van der Waals surface area contributed by atoms with Crippen molar-refractivity contribution < 1.29 is 4.74 Å². The number of nitrogen functional groups attached to an aromatic ring is 1. The van der Waals surface area contributed by atoms with Crippen LogP contribution in [-0.4, -0.2) is 7.11 Å². The highest BCUT2D eigenvalue weighted by molar-refractivity contribution is 7.98. The van der Waals surface area contributed by atoms with Gasteiger partial charge in [0.2, 0.25) is 0 Å².